The minimum absolute atomic E-state index is 0.0342. The highest BCUT2D eigenvalue weighted by molar-refractivity contribution is 5.93. The Labute approximate surface area is 151 Å². The monoisotopic (exact) mass is 354 g/mol. The van der Waals surface area contributed by atoms with Gasteiger partial charge in [0.15, 0.2) is 0 Å². The van der Waals surface area contributed by atoms with Crippen molar-refractivity contribution in [3.63, 3.8) is 0 Å². The van der Waals surface area contributed by atoms with Gasteiger partial charge in [0.05, 0.1) is 12.3 Å². The Bertz CT molecular complexity index is 892. The number of nitrogens with one attached hydrogen (secondary N) is 1. The van der Waals surface area contributed by atoms with E-state index in [1.807, 2.05) is 25.1 Å². The first kappa shape index (κ1) is 17.8. The van der Waals surface area contributed by atoms with Crippen molar-refractivity contribution in [1.29, 1.82) is 0 Å². The number of fused-ring (bicyclic) bond motifs is 1. The second-order valence-electron chi connectivity index (χ2n) is 5.97. The highest BCUT2D eigenvalue weighted by Gasteiger charge is 2.21. The van der Waals surface area contributed by atoms with E-state index in [4.69, 9.17) is 9.26 Å². The van der Waals surface area contributed by atoms with Crippen LogP contribution in [-0.4, -0.2) is 34.2 Å². The number of benzene rings is 1. The third-order valence-corrected chi connectivity index (χ3v) is 4.14. The van der Waals surface area contributed by atoms with Crippen molar-refractivity contribution in [3.05, 3.63) is 47.4 Å². The molecule has 1 unspecified atom stereocenters. The molecule has 2 heterocycles. The fourth-order valence-corrected chi connectivity index (χ4v) is 2.72. The van der Waals surface area contributed by atoms with Crippen molar-refractivity contribution in [3.8, 4) is 0 Å². The van der Waals surface area contributed by atoms with Crippen LogP contribution in [0.1, 0.15) is 48.6 Å². The van der Waals surface area contributed by atoms with Crippen LogP contribution in [0.5, 0.6) is 0 Å². The summed E-state index contributed by atoms with van der Waals surface area (Å²) in [7, 11) is 0. The number of hydrogen-bond acceptors (Lipinski definition) is 7. The Kier molecular flexibility index (Phi) is 5.46. The number of hydrogen-bond donors (Lipinski definition) is 1. The van der Waals surface area contributed by atoms with Gasteiger partial charge in [-0.1, -0.05) is 49.3 Å². The molecule has 7 heteroatoms. The van der Waals surface area contributed by atoms with Crippen molar-refractivity contribution >= 4 is 22.9 Å². The molecule has 1 aromatic carbocycles. The Morgan fingerprint density at radius 1 is 1.23 bits per heavy atom. The van der Waals surface area contributed by atoms with E-state index in [-0.39, 0.29) is 24.1 Å². The predicted molar refractivity (Wildman–Crippen MR) is 98.3 cm³/mol. The molecule has 3 aromatic rings. The first-order valence-electron chi connectivity index (χ1n) is 8.76. The molecule has 0 radical (unpaired) electrons. The SMILES string of the molecule is CCOC(=O)c1nc(NCC(C)c2ccccc2)c2c(CC)noc2n1. The second kappa shape index (κ2) is 7.95. The Morgan fingerprint density at radius 3 is 2.69 bits per heavy atom. The van der Waals surface area contributed by atoms with Gasteiger partial charge in [0, 0.05) is 6.54 Å². The molecule has 0 bridgehead atoms. The van der Waals surface area contributed by atoms with Crippen LogP contribution in [0.25, 0.3) is 11.1 Å². The molecule has 2 aromatic heterocycles. The van der Waals surface area contributed by atoms with E-state index in [9.17, 15) is 4.79 Å². The molecule has 0 fully saturated rings. The zero-order chi connectivity index (χ0) is 18.5. The highest BCUT2D eigenvalue weighted by atomic mass is 16.5. The van der Waals surface area contributed by atoms with E-state index in [1.165, 1.54) is 5.56 Å². The predicted octanol–water partition coefficient (Wildman–Crippen LogP) is 3.57. The number of nitrogens with zero attached hydrogens (tertiary/aromatic N) is 3. The van der Waals surface area contributed by atoms with Crippen LogP contribution in [0.3, 0.4) is 0 Å². The van der Waals surface area contributed by atoms with E-state index in [1.54, 1.807) is 6.92 Å². The quantitative estimate of drug-likeness (QED) is 0.649. The second-order valence-corrected chi connectivity index (χ2v) is 5.97. The maximum atomic E-state index is 12.0. The van der Waals surface area contributed by atoms with Crippen LogP contribution < -0.4 is 5.32 Å². The third-order valence-electron chi connectivity index (χ3n) is 4.14. The largest absolute Gasteiger partial charge is 0.460 e. The van der Waals surface area contributed by atoms with Gasteiger partial charge in [0.25, 0.3) is 5.71 Å². The molecule has 1 N–H and O–H groups in total. The minimum atomic E-state index is -0.581. The van der Waals surface area contributed by atoms with Gasteiger partial charge < -0.3 is 14.6 Å². The van der Waals surface area contributed by atoms with E-state index in [2.05, 4.69) is 39.5 Å². The van der Waals surface area contributed by atoms with Gasteiger partial charge in [-0.05, 0) is 24.8 Å². The maximum absolute atomic E-state index is 12.0. The molecule has 0 amide bonds. The summed E-state index contributed by atoms with van der Waals surface area (Å²) in [6, 6.07) is 10.2. The molecule has 0 saturated heterocycles. The topological polar surface area (TPSA) is 90.1 Å². The van der Waals surface area contributed by atoms with Crippen molar-refractivity contribution in [2.75, 3.05) is 18.5 Å². The first-order valence-corrected chi connectivity index (χ1v) is 8.76. The zero-order valence-electron chi connectivity index (χ0n) is 15.2. The number of aryl methyl sites for hydroxylation is 1. The molecule has 26 heavy (non-hydrogen) atoms. The lowest BCUT2D eigenvalue weighted by Gasteiger charge is -2.14. The number of esters is 1. The molecular formula is C19H22N4O3. The molecule has 0 saturated carbocycles. The average molecular weight is 354 g/mol. The van der Waals surface area contributed by atoms with Crippen molar-refractivity contribution in [1.82, 2.24) is 15.1 Å². The summed E-state index contributed by atoms with van der Waals surface area (Å²) in [4.78, 5) is 20.6. The fraction of sp³-hybridized carbons (Fsp3) is 0.368. The summed E-state index contributed by atoms with van der Waals surface area (Å²) in [5.74, 6) is 0.187. The molecule has 7 nitrogen and oxygen atoms in total. The van der Waals surface area contributed by atoms with Crippen LogP contribution in [0.15, 0.2) is 34.9 Å². The maximum Gasteiger partial charge on any atom is 0.376 e. The lowest BCUT2D eigenvalue weighted by Crippen LogP contribution is -2.15. The van der Waals surface area contributed by atoms with Gasteiger partial charge in [-0.3, -0.25) is 0 Å². The van der Waals surface area contributed by atoms with Crippen LogP contribution in [0.4, 0.5) is 5.82 Å². The number of rotatable bonds is 7. The van der Waals surface area contributed by atoms with Crippen molar-refractivity contribution in [2.24, 2.45) is 0 Å². The Balaban J connectivity index is 1.91. The van der Waals surface area contributed by atoms with Gasteiger partial charge in [0.1, 0.15) is 11.2 Å². The van der Waals surface area contributed by atoms with Gasteiger partial charge in [0.2, 0.25) is 5.82 Å². The smallest absolute Gasteiger partial charge is 0.376 e. The number of ether oxygens (including phenoxy) is 1. The Morgan fingerprint density at radius 2 is 2.00 bits per heavy atom. The Hall–Kier alpha value is -2.96. The molecule has 0 aliphatic heterocycles. The first-order chi connectivity index (χ1) is 12.6. The lowest BCUT2D eigenvalue weighted by molar-refractivity contribution is 0.0512. The van der Waals surface area contributed by atoms with Crippen LogP contribution in [-0.2, 0) is 11.2 Å². The summed E-state index contributed by atoms with van der Waals surface area (Å²) in [5, 5.41) is 8.07. The zero-order valence-corrected chi connectivity index (χ0v) is 15.2. The van der Waals surface area contributed by atoms with E-state index >= 15 is 0 Å². The summed E-state index contributed by atoms with van der Waals surface area (Å²) in [6.45, 7) is 6.74. The van der Waals surface area contributed by atoms with Crippen molar-refractivity contribution in [2.45, 2.75) is 33.1 Å². The van der Waals surface area contributed by atoms with E-state index in [0.29, 0.717) is 24.2 Å². The summed E-state index contributed by atoms with van der Waals surface area (Å²) in [6.07, 6.45) is 0.679. The lowest BCUT2D eigenvalue weighted by atomic mass is 10.0. The molecule has 0 spiro atoms. The highest BCUT2D eigenvalue weighted by Crippen LogP contribution is 2.26. The van der Waals surface area contributed by atoms with Crippen LogP contribution in [0, 0.1) is 0 Å². The minimum Gasteiger partial charge on any atom is -0.460 e. The normalized spacial score (nSPS) is 12.1. The third kappa shape index (κ3) is 3.66. The van der Waals surface area contributed by atoms with E-state index in [0.717, 1.165) is 5.69 Å². The molecule has 0 aliphatic carbocycles. The number of carbonyl (C=O) groups excluding carboxylic acids is 1. The molecule has 136 valence electrons. The number of aromatic nitrogens is 3. The number of anilines is 1. The summed E-state index contributed by atoms with van der Waals surface area (Å²) in [5.41, 5.74) is 2.26. The van der Waals surface area contributed by atoms with Crippen LogP contribution >= 0.6 is 0 Å². The van der Waals surface area contributed by atoms with Crippen LogP contribution in [0.2, 0.25) is 0 Å². The van der Waals surface area contributed by atoms with E-state index < -0.39 is 5.97 Å². The molecule has 0 aliphatic rings. The van der Waals surface area contributed by atoms with Gasteiger partial charge in [-0.2, -0.15) is 4.98 Å². The number of carbonyl (C=O) groups is 1. The standard InChI is InChI=1S/C19H22N4O3/c1-4-14-15-16(20-11-12(3)13-9-7-6-8-10-13)21-17(19(24)25-5-2)22-18(15)26-23-14/h6-10,12H,4-5,11H2,1-3H3,(H,20,21,22). The molecule has 3 rings (SSSR count). The van der Waals surface area contributed by atoms with Gasteiger partial charge in [-0.15, -0.1) is 0 Å². The van der Waals surface area contributed by atoms with Gasteiger partial charge >= 0.3 is 5.97 Å². The van der Waals surface area contributed by atoms with Gasteiger partial charge in [-0.25, -0.2) is 9.78 Å². The van der Waals surface area contributed by atoms with Crippen molar-refractivity contribution < 1.29 is 14.1 Å². The summed E-state index contributed by atoms with van der Waals surface area (Å²) >= 11 is 0. The average Bonchev–Trinajstić information content (AvgIpc) is 3.10. The molecular weight excluding hydrogens is 332 g/mol. The summed E-state index contributed by atoms with van der Waals surface area (Å²) < 4.78 is 10.3. The fourth-order valence-electron chi connectivity index (χ4n) is 2.72. The molecule has 1 atom stereocenters.